The Kier molecular flexibility index (Phi) is 2.63. The van der Waals surface area contributed by atoms with E-state index in [4.69, 9.17) is 5.41 Å². The molecule has 0 spiro atoms. The highest BCUT2D eigenvalue weighted by Gasteiger charge is 2.22. The van der Waals surface area contributed by atoms with Crippen LogP contribution in [-0.4, -0.2) is 11.7 Å². The van der Waals surface area contributed by atoms with E-state index in [0.29, 0.717) is 0 Å². The predicted octanol–water partition coefficient (Wildman–Crippen LogP) is 1.29. The van der Waals surface area contributed by atoms with E-state index in [0.717, 1.165) is 25.7 Å². The molecule has 0 aromatic carbocycles. The third-order valence-electron chi connectivity index (χ3n) is 2.04. The van der Waals surface area contributed by atoms with Gasteiger partial charge in [-0.1, -0.05) is 12.8 Å². The van der Waals surface area contributed by atoms with E-state index in [1.165, 1.54) is 0 Å². The van der Waals surface area contributed by atoms with E-state index >= 15 is 0 Å². The summed E-state index contributed by atoms with van der Waals surface area (Å²) in [5.41, 5.74) is 0. The lowest BCUT2D eigenvalue weighted by Gasteiger charge is -2.07. The van der Waals surface area contributed by atoms with Crippen LogP contribution in [0.1, 0.15) is 32.6 Å². The molecular formula is C8H14N2O. The van der Waals surface area contributed by atoms with Crippen LogP contribution in [0.4, 0.5) is 0 Å². The number of nitrogens with one attached hydrogen (secondary N) is 2. The van der Waals surface area contributed by atoms with Crippen molar-refractivity contribution in [1.29, 1.82) is 5.41 Å². The maximum Gasteiger partial charge on any atom is 0.228 e. The molecule has 0 unspecified atom stereocenters. The molecular weight excluding hydrogens is 140 g/mol. The van der Waals surface area contributed by atoms with Gasteiger partial charge >= 0.3 is 0 Å². The minimum atomic E-state index is 0.0370. The van der Waals surface area contributed by atoms with Crippen molar-refractivity contribution in [3.63, 3.8) is 0 Å². The van der Waals surface area contributed by atoms with Crippen molar-refractivity contribution in [2.75, 3.05) is 0 Å². The highest BCUT2D eigenvalue weighted by atomic mass is 16.1. The van der Waals surface area contributed by atoms with Gasteiger partial charge in [0.2, 0.25) is 5.91 Å². The number of rotatable bonds is 1. The van der Waals surface area contributed by atoms with E-state index in [2.05, 4.69) is 5.32 Å². The van der Waals surface area contributed by atoms with Gasteiger partial charge in [0.1, 0.15) is 0 Å². The standard InChI is InChI=1S/C8H14N2O/c1-6(9)10-8(11)7-4-2-3-5-7/h7H,2-5H2,1H3,(H2,9,10,11). The summed E-state index contributed by atoms with van der Waals surface area (Å²) >= 11 is 0. The molecule has 62 valence electrons. The topological polar surface area (TPSA) is 53.0 Å². The van der Waals surface area contributed by atoms with Crippen molar-refractivity contribution in [3.05, 3.63) is 0 Å². The molecule has 1 saturated carbocycles. The second-order valence-electron chi connectivity index (χ2n) is 3.10. The maximum atomic E-state index is 11.2. The van der Waals surface area contributed by atoms with E-state index in [1.54, 1.807) is 6.92 Å². The van der Waals surface area contributed by atoms with Crippen molar-refractivity contribution in [2.45, 2.75) is 32.6 Å². The summed E-state index contributed by atoms with van der Waals surface area (Å²) in [4.78, 5) is 11.2. The Morgan fingerprint density at radius 3 is 2.45 bits per heavy atom. The lowest BCUT2D eigenvalue weighted by atomic mass is 10.1. The molecule has 3 heteroatoms. The number of hydrogen-bond acceptors (Lipinski definition) is 2. The molecule has 1 rings (SSSR count). The van der Waals surface area contributed by atoms with Crippen LogP contribution in [0.2, 0.25) is 0 Å². The lowest BCUT2D eigenvalue weighted by molar-refractivity contribution is -0.123. The van der Waals surface area contributed by atoms with Crippen molar-refractivity contribution in [3.8, 4) is 0 Å². The first-order chi connectivity index (χ1) is 5.20. The first-order valence-corrected chi connectivity index (χ1v) is 4.06. The predicted molar refractivity (Wildman–Crippen MR) is 43.5 cm³/mol. The van der Waals surface area contributed by atoms with Gasteiger partial charge in [-0.25, -0.2) is 0 Å². The summed E-state index contributed by atoms with van der Waals surface area (Å²) in [6.07, 6.45) is 4.32. The lowest BCUT2D eigenvalue weighted by Crippen LogP contribution is -2.32. The summed E-state index contributed by atoms with van der Waals surface area (Å²) in [6, 6.07) is 0. The molecule has 0 bridgehead atoms. The van der Waals surface area contributed by atoms with Crippen LogP contribution in [0.15, 0.2) is 0 Å². The minimum Gasteiger partial charge on any atom is -0.315 e. The van der Waals surface area contributed by atoms with Gasteiger partial charge in [0.25, 0.3) is 0 Å². The molecule has 1 amide bonds. The molecule has 0 aromatic heterocycles. The molecule has 1 fully saturated rings. The molecule has 1 aliphatic rings. The molecule has 0 heterocycles. The molecule has 2 N–H and O–H groups in total. The van der Waals surface area contributed by atoms with Crippen LogP contribution in [0.5, 0.6) is 0 Å². The normalized spacial score (nSPS) is 18.3. The summed E-state index contributed by atoms with van der Waals surface area (Å²) in [5, 5.41) is 9.59. The zero-order valence-electron chi connectivity index (χ0n) is 6.81. The van der Waals surface area contributed by atoms with E-state index < -0.39 is 0 Å². The molecule has 0 aliphatic heterocycles. The molecule has 3 nitrogen and oxygen atoms in total. The second-order valence-corrected chi connectivity index (χ2v) is 3.10. The first kappa shape index (κ1) is 8.24. The Hall–Kier alpha value is -0.860. The smallest absolute Gasteiger partial charge is 0.228 e. The first-order valence-electron chi connectivity index (χ1n) is 4.06. The molecule has 1 aliphatic carbocycles. The highest BCUT2D eigenvalue weighted by Crippen LogP contribution is 2.24. The summed E-state index contributed by atoms with van der Waals surface area (Å²) < 4.78 is 0. The average molecular weight is 154 g/mol. The van der Waals surface area contributed by atoms with E-state index in [-0.39, 0.29) is 17.7 Å². The van der Waals surface area contributed by atoms with Crippen LogP contribution in [0.3, 0.4) is 0 Å². The number of carbonyl (C=O) groups excluding carboxylic acids is 1. The number of carbonyl (C=O) groups is 1. The van der Waals surface area contributed by atoms with Gasteiger partial charge in [0, 0.05) is 5.92 Å². The quantitative estimate of drug-likeness (QED) is 0.434. The fourth-order valence-electron chi connectivity index (χ4n) is 1.47. The number of amidine groups is 1. The van der Waals surface area contributed by atoms with Crippen molar-refractivity contribution in [1.82, 2.24) is 5.32 Å². The number of hydrogen-bond donors (Lipinski definition) is 2. The van der Waals surface area contributed by atoms with Crippen molar-refractivity contribution >= 4 is 11.7 Å². The summed E-state index contributed by atoms with van der Waals surface area (Å²) in [7, 11) is 0. The largest absolute Gasteiger partial charge is 0.315 e. The molecule has 0 radical (unpaired) electrons. The average Bonchev–Trinajstić information content (AvgIpc) is 2.35. The van der Waals surface area contributed by atoms with Gasteiger partial charge in [-0.15, -0.1) is 0 Å². The molecule has 11 heavy (non-hydrogen) atoms. The number of amides is 1. The third kappa shape index (κ3) is 2.33. The Balaban J connectivity index is 2.34. The Labute approximate surface area is 66.7 Å². The molecule has 0 saturated heterocycles. The zero-order valence-corrected chi connectivity index (χ0v) is 6.81. The van der Waals surface area contributed by atoms with Crippen LogP contribution in [0.25, 0.3) is 0 Å². The van der Waals surface area contributed by atoms with Gasteiger partial charge in [0.15, 0.2) is 0 Å². The van der Waals surface area contributed by atoms with Crippen LogP contribution < -0.4 is 5.32 Å². The molecule has 0 aromatic rings. The Morgan fingerprint density at radius 1 is 1.45 bits per heavy atom. The second kappa shape index (κ2) is 3.51. The third-order valence-corrected chi connectivity index (χ3v) is 2.04. The van der Waals surface area contributed by atoms with E-state index in [1.807, 2.05) is 0 Å². The van der Waals surface area contributed by atoms with E-state index in [9.17, 15) is 4.79 Å². The van der Waals surface area contributed by atoms with Gasteiger partial charge in [-0.2, -0.15) is 0 Å². The van der Waals surface area contributed by atoms with Crippen LogP contribution >= 0.6 is 0 Å². The van der Waals surface area contributed by atoms with Crippen LogP contribution in [0, 0.1) is 11.3 Å². The fraction of sp³-hybridized carbons (Fsp3) is 0.750. The fourth-order valence-corrected chi connectivity index (χ4v) is 1.47. The minimum absolute atomic E-state index is 0.0370. The zero-order chi connectivity index (χ0) is 8.27. The van der Waals surface area contributed by atoms with Gasteiger partial charge in [-0.05, 0) is 19.8 Å². The van der Waals surface area contributed by atoms with Gasteiger partial charge < -0.3 is 5.32 Å². The Bertz CT molecular complexity index is 171. The molecule has 0 atom stereocenters. The monoisotopic (exact) mass is 154 g/mol. The Morgan fingerprint density at radius 2 is 2.00 bits per heavy atom. The summed E-state index contributed by atoms with van der Waals surface area (Å²) in [5.74, 6) is 0.465. The maximum absolute atomic E-state index is 11.2. The SMILES string of the molecule is CC(=N)NC(=O)C1CCCC1. The van der Waals surface area contributed by atoms with Gasteiger partial charge in [-0.3, -0.25) is 10.2 Å². The van der Waals surface area contributed by atoms with Crippen molar-refractivity contribution < 1.29 is 4.79 Å². The van der Waals surface area contributed by atoms with Gasteiger partial charge in [0.05, 0.1) is 5.84 Å². The van der Waals surface area contributed by atoms with Crippen LogP contribution in [-0.2, 0) is 4.79 Å². The van der Waals surface area contributed by atoms with Crippen molar-refractivity contribution in [2.24, 2.45) is 5.92 Å². The highest BCUT2D eigenvalue weighted by molar-refractivity contribution is 5.96. The summed E-state index contributed by atoms with van der Waals surface area (Å²) in [6.45, 7) is 1.59.